The Kier molecular flexibility index (Phi) is 4.99. The summed E-state index contributed by atoms with van der Waals surface area (Å²) in [5.74, 6) is -0.180. The van der Waals surface area contributed by atoms with Crippen LogP contribution in [0.5, 0.6) is 0 Å². The average molecular weight is 345 g/mol. The molecule has 2 amide bonds. The van der Waals surface area contributed by atoms with Gasteiger partial charge in [-0.3, -0.25) is 9.59 Å². The van der Waals surface area contributed by atoms with Crippen molar-refractivity contribution in [2.75, 3.05) is 13.1 Å². The number of carbonyl (C=O) groups excluding carboxylic acids is 2. The van der Waals surface area contributed by atoms with Crippen LogP contribution < -0.4 is 5.32 Å². The lowest BCUT2D eigenvalue weighted by atomic mass is 10.1. The molecule has 0 unspecified atom stereocenters. The zero-order chi connectivity index (χ0) is 13.8. The van der Waals surface area contributed by atoms with Gasteiger partial charge in [0.15, 0.2) is 0 Å². The largest absolute Gasteiger partial charge is 0.341 e. The first-order valence-electron chi connectivity index (χ1n) is 6.42. The number of rotatable bonds is 3. The summed E-state index contributed by atoms with van der Waals surface area (Å²) in [5, 5.41) is 4.61. The second-order valence-corrected chi connectivity index (χ2v) is 6.45. The van der Waals surface area contributed by atoms with Crippen molar-refractivity contribution in [2.24, 2.45) is 0 Å². The number of piperidine rings is 1. The number of thiophene rings is 1. The van der Waals surface area contributed by atoms with Gasteiger partial charge in [0.2, 0.25) is 5.91 Å². The van der Waals surface area contributed by atoms with Gasteiger partial charge in [0.25, 0.3) is 5.91 Å². The number of nitrogens with zero attached hydrogens (tertiary/aromatic N) is 1. The third-order valence-corrected chi connectivity index (χ3v) is 5.05. The number of nitrogens with one attached hydrogen (secondary N) is 1. The first-order valence-corrected chi connectivity index (χ1v) is 8.09. The summed E-state index contributed by atoms with van der Waals surface area (Å²) in [6, 6.07) is 1.36. The fourth-order valence-electron chi connectivity index (χ4n) is 2.17. The third kappa shape index (κ3) is 3.57. The summed E-state index contributed by atoms with van der Waals surface area (Å²) in [4.78, 5) is 26.7. The van der Waals surface area contributed by atoms with Crippen molar-refractivity contribution in [1.82, 2.24) is 10.2 Å². The van der Waals surface area contributed by atoms with E-state index in [1.807, 2.05) is 16.3 Å². The van der Waals surface area contributed by atoms with Crippen LogP contribution in [-0.2, 0) is 4.79 Å². The van der Waals surface area contributed by atoms with E-state index in [0.717, 1.165) is 30.4 Å². The first kappa shape index (κ1) is 14.5. The van der Waals surface area contributed by atoms with Crippen LogP contribution >= 0.6 is 27.3 Å². The molecule has 0 radical (unpaired) electrons. The Morgan fingerprint density at radius 1 is 1.37 bits per heavy atom. The van der Waals surface area contributed by atoms with Gasteiger partial charge in [-0.25, -0.2) is 0 Å². The molecule has 0 saturated carbocycles. The van der Waals surface area contributed by atoms with Crippen molar-refractivity contribution in [2.45, 2.75) is 32.2 Å². The molecule has 6 heteroatoms. The van der Waals surface area contributed by atoms with E-state index >= 15 is 0 Å². The topological polar surface area (TPSA) is 49.4 Å². The molecule has 0 spiro atoms. The van der Waals surface area contributed by atoms with Gasteiger partial charge in [-0.15, -0.1) is 11.3 Å². The van der Waals surface area contributed by atoms with Gasteiger partial charge in [-0.2, -0.15) is 0 Å². The molecule has 0 aromatic carbocycles. The van der Waals surface area contributed by atoms with Gasteiger partial charge in [0.05, 0.1) is 0 Å². The molecule has 1 atom stereocenters. The van der Waals surface area contributed by atoms with E-state index in [0.29, 0.717) is 4.88 Å². The third-order valence-electron chi connectivity index (χ3n) is 3.21. The Morgan fingerprint density at radius 3 is 2.63 bits per heavy atom. The minimum atomic E-state index is -0.473. The molecular formula is C13H17BrN2O2S. The maximum atomic E-state index is 12.2. The first-order chi connectivity index (χ1) is 9.09. The fourth-order valence-corrected chi connectivity index (χ4v) is 3.62. The minimum absolute atomic E-state index is 0.0146. The molecule has 1 saturated heterocycles. The Hall–Kier alpha value is -0.880. The number of hydrogen-bond acceptors (Lipinski definition) is 3. The van der Waals surface area contributed by atoms with Crippen LogP contribution in [0.1, 0.15) is 35.9 Å². The molecule has 2 heterocycles. The van der Waals surface area contributed by atoms with Crippen LogP contribution in [0.4, 0.5) is 0 Å². The predicted octanol–water partition coefficient (Wildman–Crippen LogP) is 2.64. The summed E-state index contributed by atoms with van der Waals surface area (Å²) < 4.78 is 0.771. The summed E-state index contributed by atoms with van der Waals surface area (Å²) >= 11 is 4.69. The average Bonchev–Trinajstić information content (AvgIpc) is 2.85. The van der Waals surface area contributed by atoms with Crippen molar-refractivity contribution >= 4 is 39.1 Å². The molecule has 1 aromatic rings. The summed E-state index contributed by atoms with van der Waals surface area (Å²) in [6.45, 7) is 3.36. The summed E-state index contributed by atoms with van der Waals surface area (Å²) in [7, 11) is 0. The number of carbonyl (C=O) groups is 2. The van der Waals surface area contributed by atoms with Crippen molar-refractivity contribution in [1.29, 1.82) is 0 Å². The maximum Gasteiger partial charge on any atom is 0.263 e. The van der Waals surface area contributed by atoms with Crippen LogP contribution in [0.25, 0.3) is 0 Å². The molecule has 4 nitrogen and oxygen atoms in total. The lowest BCUT2D eigenvalue weighted by Gasteiger charge is -2.29. The highest BCUT2D eigenvalue weighted by Gasteiger charge is 2.24. The van der Waals surface area contributed by atoms with Gasteiger partial charge < -0.3 is 10.2 Å². The molecule has 1 fully saturated rings. The van der Waals surface area contributed by atoms with Gasteiger partial charge in [0, 0.05) is 17.6 Å². The van der Waals surface area contributed by atoms with Crippen LogP contribution in [0.3, 0.4) is 0 Å². The smallest absolute Gasteiger partial charge is 0.263 e. The van der Waals surface area contributed by atoms with Gasteiger partial charge in [-0.1, -0.05) is 0 Å². The van der Waals surface area contributed by atoms with Crippen LogP contribution in [0.15, 0.2) is 15.9 Å². The molecule has 104 valence electrons. The molecule has 19 heavy (non-hydrogen) atoms. The predicted molar refractivity (Wildman–Crippen MR) is 79.4 cm³/mol. The molecule has 1 N–H and O–H groups in total. The molecular weight excluding hydrogens is 328 g/mol. The fraction of sp³-hybridized carbons (Fsp3) is 0.538. The standard InChI is InChI=1S/C13H17BrN2O2S/c1-9(13(18)16-6-3-2-4-7-16)15-12(17)11-10(14)5-8-19-11/h5,8-9H,2-4,6-7H2,1H3,(H,15,17)/t9-/m1/s1. The highest BCUT2D eigenvalue weighted by Crippen LogP contribution is 2.22. The number of amides is 2. The van der Waals surface area contributed by atoms with Crippen molar-refractivity contribution in [3.05, 3.63) is 20.8 Å². The van der Waals surface area contributed by atoms with Crippen LogP contribution in [0.2, 0.25) is 0 Å². The highest BCUT2D eigenvalue weighted by molar-refractivity contribution is 9.10. The highest BCUT2D eigenvalue weighted by atomic mass is 79.9. The lowest BCUT2D eigenvalue weighted by Crippen LogP contribution is -2.48. The second-order valence-electron chi connectivity index (χ2n) is 4.68. The van der Waals surface area contributed by atoms with E-state index in [2.05, 4.69) is 21.2 Å². The Balaban J connectivity index is 1.93. The number of likely N-dealkylation sites (tertiary alicyclic amines) is 1. The van der Waals surface area contributed by atoms with Crippen LogP contribution in [-0.4, -0.2) is 35.8 Å². The number of hydrogen-bond donors (Lipinski definition) is 1. The Bertz CT molecular complexity index is 469. The quantitative estimate of drug-likeness (QED) is 0.916. The van der Waals surface area contributed by atoms with E-state index in [-0.39, 0.29) is 11.8 Å². The maximum absolute atomic E-state index is 12.2. The van der Waals surface area contributed by atoms with Gasteiger partial charge in [-0.05, 0) is 53.6 Å². The Labute approximate surface area is 125 Å². The van der Waals surface area contributed by atoms with Gasteiger partial charge >= 0.3 is 0 Å². The summed E-state index contributed by atoms with van der Waals surface area (Å²) in [6.07, 6.45) is 3.30. The zero-order valence-electron chi connectivity index (χ0n) is 10.8. The van der Waals surface area contributed by atoms with E-state index in [1.165, 1.54) is 17.8 Å². The molecule has 0 bridgehead atoms. The van der Waals surface area contributed by atoms with Crippen LogP contribution in [0, 0.1) is 0 Å². The minimum Gasteiger partial charge on any atom is -0.341 e. The lowest BCUT2D eigenvalue weighted by molar-refractivity contribution is -0.133. The van der Waals surface area contributed by atoms with E-state index in [1.54, 1.807) is 6.92 Å². The van der Waals surface area contributed by atoms with Gasteiger partial charge in [0.1, 0.15) is 10.9 Å². The van der Waals surface area contributed by atoms with E-state index in [4.69, 9.17) is 0 Å². The van der Waals surface area contributed by atoms with Crippen molar-refractivity contribution in [3.8, 4) is 0 Å². The van der Waals surface area contributed by atoms with Crippen molar-refractivity contribution in [3.63, 3.8) is 0 Å². The van der Waals surface area contributed by atoms with E-state index < -0.39 is 6.04 Å². The zero-order valence-corrected chi connectivity index (χ0v) is 13.2. The number of halogens is 1. The molecule has 2 rings (SSSR count). The SMILES string of the molecule is C[C@@H](NC(=O)c1sccc1Br)C(=O)N1CCCCC1. The molecule has 0 aliphatic carbocycles. The normalized spacial score (nSPS) is 17.1. The van der Waals surface area contributed by atoms with Crippen molar-refractivity contribution < 1.29 is 9.59 Å². The summed E-state index contributed by atoms with van der Waals surface area (Å²) in [5.41, 5.74) is 0. The molecule has 1 aliphatic rings. The second kappa shape index (κ2) is 6.52. The van der Waals surface area contributed by atoms with E-state index in [9.17, 15) is 9.59 Å². The molecule has 1 aliphatic heterocycles. The monoisotopic (exact) mass is 344 g/mol. The molecule has 1 aromatic heterocycles. The Morgan fingerprint density at radius 2 is 2.05 bits per heavy atom.